The van der Waals surface area contributed by atoms with Crippen LogP contribution >= 0.6 is 11.5 Å². The Kier molecular flexibility index (Phi) is 8.40. The van der Waals surface area contributed by atoms with Crippen LogP contribution < -0.4 is 15.4 Å². The average Bonchev–Trinajstić information content (AvgIpc) is 3.15. The van der Waals surface area contributed by atoms with Crippen molar-refractivity contribution in [3.63, 3.8) is 0 Å². The molecule has 0 aliphatic carbocycles. The molecular formula is C22H29FN4O4S. The van der Waals surface area contributed by atoms with Crippen molar-refractivity contribution in [3.8, 4) is 5.88 Å². The number of carboxylic acids is 1. The van der Waals surface area contributed by atoms with Crippen LogP contribution in [0.5, 0.6) is 5.88 Å². The molecule has 2 aromatic rings. The summed E-state index contributed by atoms with van der Waals surface area (Å²) in [5, 5.41) is 15.0. The number of rotatable bonds is 9. The lowest BCUT2D eigenvalue weighted by Gasteiger charge is -2.29. The first-order valence-corrected chi connectivity index (χ1v) is 11.5. The molecule has 32 heavy (non-hydrogen) atoms. The smallest absolute Gasteiger partial charge is 0.344 e. The standard InChI is InChI=1S/C22H29FN4O4S/c1-14-6-7-16(17(23)10-14)13-31-19-18(21(28)29)20(32-26-19)25-22(30)24-11-15(2)12-27-8-4-3-5-9-27/h6-7,10,15H,3-5,8-9,11-13H2,1-2H3,(H,28,29)(H2,24,25,30). The Balaban J connectivity index is 1.54. The number of amides is 2. The second kappa shape index (κ2) is 11.2. The summed E-state index contributed by atoms with van der Waals surface area (Å²) in [5.41, 5.74) is 0.808. The van der Waals surface area contributed by atoms with Crippen molar-refractivity contribution in [2.75, 3.05) is 31.5 Å². The van der Waals surface area contributed by atoms with Crippen molar-refractivity contribution < 1.29 is 23.8 Å². The fourth-order valence-corrected chi connectivity index (χ4v) is 4.35. The van der Waals surface area contributed by atoms with Crippen LogP contribution in [0.4, 0.5) is 14.2 Å². The molecule has 1 aliphatic rings. The van der Waals surface area contributed by atoms with Gasteiger partial charge in [0, 0.05) is 18.7 Å². The lowest BCUT2D eigenvalue weighted by Crippen LogP contribution is -2.39. The van der Waals surface area contributed by atoms with Gasteiger partial charge in [0.25, 0.3) is 0 Å². The molecule has 1 aliphatic heterocycles. The summed E-state index contributed by atoms with van der Waals surface area (Å²) >= 11 is 0.808. The molecule has 2 heterocycles. The van der Waals surface area contributed by atoms with Crippen LogP contribution in [0.2, 0.25) is 0 Å². The topological polar surface area (TPSA) is 104 Å². The third-order valence-electron chi connectivity index (χ3n) is 5.30. The highest BCUT2D eigenvalue weighted by Crippen LogP contribution is 2.31. The number of aromatic nitrogens is 1. The third-order valence-corrected chi connectivity index (χ3v) is 6.05. The van der Waals surface area contributed by atoms with Gasteiger partial charge in [-0.1, -0.05) is 25.5 Å². The van der Waals surface area contributed by atoms with Gasteiger partial charge in [0.05, 0.1) is 0 Å². The van der Waals surface area contributed by atoms with E-state index in [9.17, 15) is 19.1 Å². The molecule has 1 unspecified atom stereocenters. The highest BCUT2D eigenvalue weighted by Gasteiger charge is 2.24. The van der Waals surface area contributed by atoms with Crippen molar-refractivity contribution in [3.05, 3.63) is 40.7 Å². The maximum Gasteiger partial charge on any atom is 0.344 e. The summed E-state index contributed by atoms with van der Waals surface area (Å²) in [6.45, 7) is 7.24. The summed E-state index contributed by atoms with van der Waals surface area (Å²) in [6.07, 6.45) is 3.70. The number of piperidine rings is 1. The van der Waals surface area contributed by atoms with Crippen molar-refractivity contribution in [2.24, 2.45) is 5.92 Å². The van der Waals surface area contributed by atoms with Gasteiger partial charge in [0.1, 0.15) is 17.4 Å². The summed E-state index contributed by atoms with van der Waals surface area (Å²) in [4.78, 5) is 26.4. The van der Waals surface area contributed by atoms with Crippen LogP contribution in [0.3, 0.4) is 0 Å². The van der Waals surface area contributed by atoms with Gasteiger partial charge in [-0.05, 0) is 61.9 Å². The largest absolute Gasteiger partial charge is 0.477 e. The zero-order chi connectivity index (χ0) is 23.1. The fraction of sp³-hybridized carbons (Fsp3) is 0.500. The number of benzene rings is 1. The number of carbonyl (C=O) groups excluding carboxylic acids is 1. The number of carboxylic acid groups (broad SMARTS) is 1. The minimum atomic E-state index is -1.29. The van der Waals surface area contributed by atoms with E-state index in [4.69, 9.17) is 4.74 Å². The van der Waals surface area contributed by atoms with Crippen LogP contribution in [0.25, 0.3) is 0 Å². The van der Waals surface area contributed by atoms with Crippen LogP contribution in [0, 0.1) is 18.7 Å². The molecule has 1 saturated heterocycles. The van der Waals surface area contributed by atoms with Gasteiger partial charge >= 0.3 is 12.0 Å². The van der Waals surface area contributed by atoms with E-state index >= 15 is 0 Å². The van der Waals surface area contributed by atoms with Crippen molar-refractivity contribution >= 4 is 28.5 Å². The minimum Gasteiger partial charge on any atom is -0.477 e. The molecule has 1 aromatic heterocycles. The SMILES string of the molecule is Cc1ccc(COc2nsc(NC(=O)NCC(C)CN3CCCCC3)c2C(=O)O)c(F)c1. The molecular weight excluding hydrogens is 435 g/mol. The van der Waals surface area contributed by atoms with Crippen molar-refractivity contribution in [1.29, 1.82) is 0 Å². The molecule has 1 fully saturated rings. The third kappa shape index (κ3) is 6.64. The quantitative estimate of drug-likeness (QED) is 0.516. The van der Waals surface area contributed by atoms with E-state index in [1.165, 1.54) is 25.3 Å². The molecule has 10 heteroatoms. The Labute approximate surface area is 190 Å². The summed E-state index contributed by atoms with van der Waals surface area (Å²) in [7, 11) is 0. The zero-order valence-corrected chi connectivity index (χ0v) is 19.1. The highest BCUT2D eigenvalue weighted by atomic mass is 32.1. The number of hydrogen-bond acceptors (Lipinski definition) is 6. The monoisotopic (exact) mass is 464 g/mol. The van der Waals surface area contributed by atoms with Gasteiger partial charge < -0.3 is 20.1 Å². The predicted molar refractivity (Wildman–Crippen MR) is 121 cm³/mol. The van der Waals surface area contributed by atoms with Gasteiger partial charge in [-0.2, -0.15) is 4.37 Å². The summed E-state index contributed by atoms with van der Waals surface area (Å²) in [5.74, 6) is -1.61. The number of aryl methyl sites for hydroxylation is 1. The molecule has 1 aromatic carbocycles. The maximum absolute atomic E-state index is 14.0. The molecule has 0 radical (unpaired) electrons. The fourth-order valence-electron chi connectivity index (χ4n) is 3.62. The molecule has 1 atom stereocenters. The number of carbonyl (C=O) groups is 2. The maximum atomic E-state index is 14.0. The minimum absolute atomic E-state index is 0.0676. The Morgan fingerprint density at radius 1 is 1.31 bits per heavy atom. The normalized spacial score (nSPS) is 15.2. The number of urea groups is 1. The van der Waals surface area contributed by atoms with Gasteiger partial charge in [0.15, 0.2) is 5.56 Å². The number of halogens is 1. The van der Waals surface area contributed by atoms with E-state index in [1.54, 1.807) is 19.1 Å². The number of nitrogens with zero attached hydrogens (tertiary/aromatic N) is 2. The Hall–Kier alpha value is -2.72. The van der Waals surface area contributed by atoms with Gasteiger partial charge in [0.2, 0.25) is 5.88 Å². The summed E-state index contributed by atoms with van der Waals surface area (Å²) in [6, 6.07) is 4.19. The molecule has 0 spiro atoms. The number of hydrogen-bond donors (Lipinski definition) is 3. The molecule has 174 valence electrons. The Morgan fingerprint density at radius 3 is 2.75 bits per heavy atom. The van der Waals surface area contributed by atoms with Gasteiger partial charge in [-0.3, -0.25) is 5.32 Å². The molecule has 0 saturated carbocycles. The highest BCUT2D eigenvalue weighted by molar-refractivity contribution is 7.11. The number of nitrogens with one attached hydrogen (secondary N) is 2. The van der Waals surface area contributed by atoms with E-state index < -0.39 is 17.8 Å². The first kappa shape index (κ1) is 23.9. The van der Waals surface area contributed by atoms with Crippen LogP contribution in [0.1, 0.15) is 47.7 Å². The molecule has 2 amide bonds. The van der Waals surface area contributed by atoms with E-state index in [1.807, 2.05) is 0 Å². The predicted octanol–water partition coefficient (Wildman–Crippen LogP) is 4.11. The van der Waals surface area contributed by atoms with Crippen LogP contribution in [0.15, 0.2) is 18.2 Å². The van der Waals surface area contributed by atoms with E-state index in [0.717, 1.165) is 36.7 Å². The summed E-state index contributed by atoms with van der Waals surface area (Å²) < 4.78 is 23.4. The van der Waals surface area contributed by atoms with E-state index in [0.29, 0.717) is 6.54 Å². The van der Waals surface area contributed by atoms with Crippen LogP contribution in [-0.4, -0.2) is 52.6 Å². The Bertz CT molecular complexity index is 946. The van der Waals surface area contributed by atoms with E-state index in [-0.39, 0.29) is 34.5 Å². The lowest BCUT2D eigenvalue weighted by molar-refractivity contribution is 0.0693. The number of ether oxygens (including phenoxy) is 1. The molecule has 3 rings (SSSR count). The number of anilines is 1. The first-order valence-electron chi connectivity index (χ1n) is 10.7. The average molecular weight is 465 g/mol. The first-order chi connectivity index (χ1) is 15.3. The van der Waals surface area contributed by atoms with E-state index in [2.05, 4.69) is 26.8 Å². The van der Waals surface area contributed by atoms with Crippen LogP contribution in [-0.2, 0) is 6.61 Å². The second-order valence-corrected chi connectivity index (χ2v) is 8.96. The van der Waals surface area contributed by atoms with Gasteiger partial charge in [-0.25, -0.2) is 14.0 Å². The van der Waals surface area contributed by atoms with Crippen molar-refractivity contribution in [1.82, 2.24) is 14.6 Å². The number of aromatic carboxylic acids is 1. The molecule has 0 bridgehead atoms. The molecule has 3 N–H and O–H groups in total. The second-order valence-electron chi connectivity index (χ2n) is 8.18. The molecule has 8 nitrogen and oxygen atoms in total. The number of likely N-dealkylation sites (tertiary alicyclic amines) is 1. The van der Waals surface area contributed by atoms with Crippen molar-refractivity contribution in [2.45, 2.75) is 39.7 Å². The van der Waals surface area contributed by atoms with Gasteiger partial charge in [-0.15, -0.1) is 0 Å². The lowest BCUT2D eigenvalue weighted by atomic mass is 10.1. The zero-order valence-electron chi connectivity index (χ0n) is 18.3. The Morgan fingerprint density at radius 2 is 2.06 bits per heavy atom.